The Labute approximate surface area is 323 Å². The van der Waals surface area contributed by atoms with Crippen LogP contribution >= 0.6 is 0 Å². The van der Waals surface area contributed by atoms with Gasteiger partial charge in [-0.1, -0.05) is 48.5 Å². The molecular formula is C42H32N6O9. The molecule has 2 aromatic heterocycles. The number of nitrogen functional groups attached to an aromatic ring is 1. The molecule has 0 aliphatic heterocycles. The van der Waals surface area contributed by atoms with Crippen molar-refractivity contribution in [2.24, 2.45) is 5.84 Å². The van der Waals surface area contributed by atoms with Gasteiger partial charge >= 0.3 is 0 Å². The van der Waals surface area contributed by atoms with E-state index in [4.69, 9.17) is 15.0 Å². The van der Waals surface area contributed by atoms with Gasteiger partial charge < -0.3 is 34.6 Å². The van der Waals surface area contributed by atoms with Crippen LogP contribution in [-0.4, -0.2) is 48.0 Å². The third kappa shape index (κ3) is 9.26. The Bertz CT molecular complexity index is 2680. The van der Waals surface area contributed by atoms with Gasteiger partial charge in [0.15, 0.2) is 11.6 Å². The molecule has 0 atom stereocenters. The molecule has 15 nitrogen and oxygen atoms in total. The summed E-state index contributed by atoms with van der Waals surface area (Å²) in [6, 6.07) is 40.4. The van der Waals surface area contributed by atoms with Crippen molar-refractivity contribution in [1.29, 1.82) is 0 Å². The van der Waals surface area contributed by atoms with E-state index in [0.29, 0.717) is 69.4 Å². The summed E-state index contributed by atoms with van der Waals surface area (Å²) in [7, 11) is 0. The standard InChI is InChI=1S/C21H15N3O4.C14H9NO3.C7H8N2O2/c25-13-28-15-11-9-14(10-12-15)24-21(17-6-2-4-8-19(17)27)22-20(23-24)16-5-1-3-7-18(16)26;16-11-7-3-1-5-9(11)14-15-13(17)10-6-2-4-8-12(10)18-14;8-9-6-1-3-7(4-2-6)11-5-10/h1-13,26-27H;1-8,16H;1-5,9H,8H2. The Balaban J connectivity index is 0.000000161. The van der Waals surface area contributed by atoms with E-state index in [1.807, 2.05) is 0 Å². The highest BCUT2D eigenvalue weighted by Crippen LogP contribution is 2.34. The number of aromatic nitrogens is 4. The fourth-order valence-corrected chi connectivity index (χ4v) is 5.29. The molecule has 0 unspecified atom stereocenters. The number of anilines is 1. The molecule has 0 spiro atoms. The maximum atomic E-state index is 11.8. The lowest BCUT2D eigenvalue weighted by Crippen LogP contribution is -2.06. The highest BCUT2D eigenvalue weighted by atomic mass is 16.5. The van der Waals surface area contributed by atoms with Crippen molar-refractivity contribution < 1.29 is 38.8 Å². The lowest BCUT2D eigenvalue weighted by Gasteiger charge is -2.07. The van der Waals surface area contributed by atoms with Crippen LogP contribution in [0.4, 0.5) is 5.69 Å². The number of nitrogens with one attached hydrogen (secondary N) is 1. The first kappa shape index (κ1) is 38.4. The summed E-state index contributed by atoms with van der Waals surface area (Å²) in [5.74, 6) is 6.98. The minimum absolute atomic E-state index is 0.0310. The number of para-hydroxylation sites is 4. The third-order valence-electron chi connectivity index (χ3n) is 8.03. The number of fused-ring (bicyclic) bond motifs is 1. The first-order chi connectivity index (χ1) is 27.8. The fourth-order valence-electron chi connectivity index (χ4n) is 5.29. The van der Waals surface area contributed by atoms with Gasteiger partial charge in [-0.05, 0) is 97.1 Å². The van der Waals surface area contributed by atoms with E-state index >= 15 is 0 Å². The lowest BCUT2D eigenvalue weighted by molar-refractivity contribution is -0.121. The molecule has 0 fully saturated rings. The quantitative estimate of drug-likeness (QED) is 0.0592. The van der Waals surface area contributed by atoms with E-state index in [2.05, 4.69) is 25.2 Å². The molecule has 6 N–H and O–H groups in total. The highest BCUT2D eigenvalue weighted by Gasteiger charge is 2.19. The van der Waals surface area contributed by atoms with Crippen LogP contribution < -0.4 is 26.3 Å². The van der Waals surface area contributed by atoms with Gasteiger partial charge in [0.2, 0.25) is 5.89 Å². The molecule has 0 saturated heterocycles. The topological polar surface area (TPSA) is 225 Å². The lowest BCUT2D eigenvalue weighted by atomic mass is 10.1. The van der Waals surface area contributed by atoms with E-state index in [1.165, 1.54) is 6.07 Å². The molecule has 57 heavy (non-hydrogen) atoms. The van der Waals surface area contributed by atoms with Crippen molar-refractivity contribution in [1.82, 2.24) is 19.7 Å². The van der Waals surface area contributed by atoms with E-state index in [1.54, 1.807) is 144 Å². The first-order valence-electron chi connectivity index (χ1n) is 16.9. The number of phenols is 3. The van der Waals surface area contributed by atoms with Gasteiger partial charge in [-0.15, -0.1) is 5.10 Å². The monoisotopic (exact) mass is 764 g/mol. The summed E-state index contributed by atoms with van der Waals surface area (Å²) in [6.45, 7) is 0.735. The van der Waals surface area contributed by atoms with E-state index in [9.17, 15) is 29.7 Å². The summed E-state index contributed by atoms with van der Waals surface area (Å²) in [5.41, 5.74) is 5.32. The van der Waals surface area contributed by atoms with Crippen LogP contribution in [0.1, 0.15) is 0 Å². The predicted octanol–water partition coefficient (Wildman–Crippen LogP) is 6.62. The van der Waals surface area contributed by atoms with Gasteiger partial charge in [-0.25, -0.2) is 9.67 Å². The largest absolute Gasteiger partial charge is 0.507 e. The smallest absolute Gasteiger partial charge is 0.298 e. The number of hydrazine groups is 1. The average Bonchev–Trinajstić information content (AvgIpc) is 3.68. The van der Waals surface area contributed by atoms with Gasteiger partial charge in [0.1, 0.15) is 34.3 Å². The van der Waals surface area contributed by atoms with Crippen LogP contribution in [0.15, 0.2) is 155 Å². The second-order valence-corrected chi connectivity index (χ2v) is 11.6. The zero-order valence-corrected chi connectivity index (χ0v) is 29.7. The average molecular weight is 765 g/mol. The predicted molar refractivity (Wildman–Crippen MR) is 211 cm³/mol. The van der Waals surface area contributed by atoms with Crippen molar-refractivity contribution in [2.45, 2.75) is 0 Å². The first-order valence-corrected chi connectivity index (χ1v) is 16.9. The molecule has 8 rings (SSSR count). The van der Waals surface area contributed by atoms with Crippen LogP contribution in [0.5, 0.6) is 28.7 Å². The zero-order chi connectivity index (χ0) is 40.1. The molecule has 284 valence electrons. The SMILES string of the molecule is NNc1ccc(OC=O)cc1.O=COc1ccc(-n2nc(-c3ccccc3O)nc2-c2ccccc2O)cc1.O=c1nc(-c2ccccc2O)oc2ccccc12. The van der Waals surface area contributed by atoms with Crippen molar-refractivity contribution in [3.05, 3.63) is 156 Å². The number of aromatic hydroxyl groups is 3. The number of hydrogen-bond acceptors (Lipinski definition) is 14. The van der Waals surface area contributed by atoms with E-state index < -0.39 is 0 Å². The number of hydrogen-bond donors (Lipinski definition) is 5. The van der Waals surface area contributed by atoms with E-state index in [0.717, 1.165) is 5.69 Å². The normalized spacial score (nSPS) is 10.3. The number of carbonyl (C=O) groups excluding carboxylic acids is 2. The minimum Gasteiger partial charge on any atom is -0.507 e. The molecule has 15 heteroatoms. The molecule has 8 aromatic rings. The molecule has 0 saturated carbocycles. The minimum atomic E-state index is -0.366. The van der Waals surface area contributed by atoms with Crippen LogP contribution in [0.25, 0.3) is 50.9 Å². The number of carbonyl (C=O) groups is 2. The van der Waals surface area contributed by atoms with Crippen molar-refractivity contribution in [3.63, 3.8) is 0 Å². The summed E-state index contributed by atoms with van der Waals surface area (Å²) >= 11 is 0. The molecule has 6 aromatic carbocycles. The third-order valence-corrected chi connectivity index (χ3v) is 8.03. The van der Waals surface area contributed by atoms with Gasteiger partial charge in [0.05, 0.1) is 27.8 Å². The maximum absolute atomic E-state index is 11.8. The van der Waals surface area contributed by atoms with Crippen LogP contribution in [0.2, 0.25) is 0 Å². The zero-order valence-electron chi connectivity index (χ0n) is 29.7. The number of nitrogens with zero attached hydrogens (tertiary/aromatic N) is 4. The second kappa shape index (κ2) is 18.2. The molecule has 0 bridgehead atoms. The highest BCUT2D eigenvalue weighted by molar-refractivity contribution is 5.77. The van der Waals surface area contributed by atoms with Crippen LogP contribution in [0.3, 0.4) is 0 Å². The number of phenolic OH excluding ortho intramolecular Hbond substituents is 3. The number of benzene rings is 6. The molecule has 0 amide bonds. The van der Waals surface area contributed by atoms with Gasteiger partial charge in [-0.2, -0.15) is 4.98 Å². The Morgan fingerprint density at radius 3 is 1.68 bits per heavy atom. The number of rotatable bonds is 9. The Kier molecular flexibility index (Phi) is 12.2. The summed E-state index contributed by atoms with van der Waals surface area (Å²) in [5, 5.41) is 35.1. The Hall–Kier alpha value is -8.30. The number of nitrogens with two attached hydrogens (primary N) is 1. The second-order valence-electron chi connectivity index (χ2n) is 11.6. The van der Waals surface area contributed by atoms with Gasteiger partial charge in [-0.3, -0.25) is 20.2 Å². The molecule has 0 aliphatic carbocycles. The fraction of sp³-hybridized carbons (Fsp3) is 0. The Morgan fingerprint density at radius 2 is 1.12 bits per heavy atom. The summed E-state index contributed by atoms with van der Waals surface area (Å²) < 4.78 is 16.5. The molecule has 2 heterocycles. The van der Waals surface area contributed by atoms with E-state index in [-0.39, 0.29) is 28.7 Å². The molecule has 0 aliphatic rings. The summed E-state index contributed by atoms with van der Waals surface area (Å²) in [4.78, 5) is 40.6. The van der Waals surface area contributed by atoms with Crippen LogP contribution in [-0.2, 0) is 9.59 Å². The Morgan fingerprint density at radius 1 is 0.614 bits per heavy atom. The molecular weight excluding hydrogens is 732 g/mol. The van der Waals surface area contributed by atoms with Crippen molar-refractivity contribution in [2.75, 3.05) is 5.43 Å². The van der Waals surface area contributed by atoms with Gasteiger partial charge in [0.25, 0.3) is 18.5 Å². The maximum Gasteiger partial charge on any atom is 0.298 e. The summed E-state index contributed by atoms with van der Waals surface area (Å²) in [6.07, 6.45) is 0. The number of ether oxygens (including phenoxy) is 2. The van der Waals surface area contributed by atoms with Crippen LogP contribution in [0, 0.1) is 0 Å². The van der Waals surface area contributed by atoms with Crippen molar-refractivity contribution >= 4 is 29.6 Å². The molecule has 0 radical (unpaired) electrons. The van der Waals surface area contributed by atoms with Crippen molar-refractivity contribution in [3.8, 4) is 68.7 Å². The van der Waals surface area contributed by atoms with Gasteiger partial charge in [0, 0.05) is 5.69 Å².